The molecule has 0 bridgehead atoms. The summed E-state index contributed by atoms with van der Waals surface area (Å²) in [6, 6.07) is 7.46. The Kier molecular flexibility index (Phi) is 4.78. The van der Waals surface area contributed by atoms with Crippen molar-refractivity contribution < 1.29 is 9.66 Å². The van der Waals surface area contributed by atoms with Crippen LogP contribution in [0.5, 0.6) is 5.75 Å². The van der Waals surface area contributed by atoms with Crippen LogP contribution in [0.2, 0.25) is 5.02 Å². The molecule has 0 amide bonds. The van der Waals surface area contributed by atoms with Crippen LogP contribution >= 0.6 is 11.6 Å². The van der Waals surface area contributed by atoms with Crippen molar-refractivity contribution in [3.8, 4) is 5.75 Å². The molecule has 23 heavy (non-hydrogen) atoms. The van der Waals surface area contributed by atoms with Crippen LogP contribution in [0.3, 0.4) is 0 Å². The number of hydrogen-bond acceptors (Lipinski definition) is 5. The van der Waals surface area contributed by atoms with Gasteiger partial charge in [-0.1, -0.05) is 23.7 Å². The summed E-state index contributed by atoms with van der Waals surface area (Å²) in [5.74, 6) is 0.712. The zero-order valence-electron chi connectivity index (χ0n) is 12.5. The van der Waals surface area contributed by atoms with E-state index in [4.69, 9.17) is 16.3 Å². The summed E-state index contributed by atoms with van der Waals surface area (Å²) >= 11 is 6.10. The van der Waals surface area contributed by atoms with Gasteiger partial charge in [-0.25, -0.2) is 0 Å². The molecule has 7 nitrogen and oxygen atoms in total. The third-order valence-corrected chi connectivity index (χ3v) is 4.15. The number of aromatic nitrogens is 2. The quantitative estimate of drug-likeness (QED) is 0.599. The van der Waals surface area contributed by atoms with Crippen molar-refractivity contribution in [1.29, 1.82) is 0 Å². The molecule has 0 N–H and O–H groups in total. The summed E-state index contributed by atoms with van der Waals surface area (Å²) in [5.41, 5.74) is 0.0198. The smallest absolute Gasteiger partial charge is 0.306 e. The van der Waals surface area contributed by atoms with Crippen LogP contribution in [-0.2, 0) is 6.54 Å². The van der Waals surface area contributed by atoms with Gasteiger partial charge in [0.25, 0.3) is 0 Å². The van der Waals surface area contributed by atoms with Gasteiger partial charge in [0.2, 0.25) is 0 Å². The lowest BCUT2D eigenvalue weighted by molar-refractivity contribution is -0.385. The highest BCUT2D eigenvalue weighted by atomic mass is 35.5. The molecule has 2 heterocycles. The van der Waals surface area contributed by atoms with Crippen molar-refractivity contribution in [2.45, 2.75) is 19.1 Å². The van der Waals surface area contributed by atoms with E-state index in [0.29, 0.717) is 17.3 Å². The molecule has 1 aromatic carbocycles. The number of para-hydroxylation sites is 1. The standard InChI is InChI=1S/C15H17ClN4O3/c16-14-3-1-2-4-15(14)23-13-5-6-18(11-13)7-8-19-10-12(9-17-19)20(21)22/h1-4,9-10,13H,5-8,11H2/t13-/m0/s1. The monoisotopic (exact) mass is 336 g/mol. The van der Waals surface area contributed by atoms with E-state index in [-0.39, 0.29) is 11.8 Å². The minimum Gasteiger partial charge on any atom is -0.487 e. The molecule has 0 aliphatic carbocycles. The summed E-state index contributed by atoms with van der Waals surface area (Å²) in [5, 5.41) is 15.2. The van der Waals surface area contributed by atoms with E-state index in [2.05, 4.69) is 10.00 Å². The Balaban J connectivity index is 1.48. The van der Waals surface area contributed by atoms with Gasteiger partial charge in [0.05, 0.1) is 16.5 Å². The molecule has 1 aliphatic heterocycles. The molecule has 0 unspecified atom stereocenters. The SMILES string of the molecule is O=[N+]([O-])c1cnn(CCN2CC[C@H](Oc3ccccc3Cl)C2)c1. The highest BCUT2D eigenvalue weighted by Crippen LogP contribution is 2.26. The fourth-order valence-electron chi connectivity index (χ4n) is 2.63. The predicted octanol–water partition coefficient (Wildman–Crippen LogP) is 2.60. The van der Waals surface area contributed by atoms with E-state index in [0.717, 1.165) is 26.1 Å². The number of hydrogen-bond donors (Lipinski definition) is 0. The second-order valence-corrected chi connectivity index (χ2v) is 5.89. The minimum atomic E-state index is -0.438. The van der Waals surface area contributed by atoms with E-state index in [1.165, 1.54) is 12.4 Å². The predicted molar refractivity (Wildman–Crippen MR) is 85.8 cm³/mol. The minimum absolute atomic E-state index is 0.0198. The number of rotatable bonds is 6. The van der Waals surface area contributed by atoms with Crippen molar-refractivity contribution in [2.75, 3.05) is 19.6 Å². The highest BCUT2D eigenvalue weighted by molar-refractivity contribution is 6.32. The molecule has 0 radical (unpaired) electrons. The molecule has 1 aromatic heterocycles. The molecular weight excluding hydrogens is 320 g/mol. The molecular formula is C15H17ClN4O3. The Hall–Kier alpha value is -2.12. The molecule has 1 atom stereocenters. The van der Waals surface area contributed by atoms with Crippen LogP contribution in [0, 0.1) is 10.1 Å². The van der Waals surface area contributed by atoms with E-state index in [9.17, 15) is 10.1 Å². The molecule has 122 valence electrons. The Morgan fingerprint density at radius 1 is 1.39 bits per heavy atom. The average molecular weight is 337 g/mol. The number of nitrogens with zero attached hydrogens (tertiary/aromatic N) is 4. The van der Waals surface area contributed by atoms with Crippen LogP contribution in [0.25, 0.3) is 0 Å². The zero-order valence-corrected chi connectivity index (χ0v) is 13.2. The highest BCUT2D eigenvalue weighted by Gasteiger charge is 2.24. The Morgan fingerprint density at radius 2 is 2.22 bits per heavy atom. The third kappa shape index (κ3) is 4.00. The Bertz CT molecular complexity index is 691. The largest absolute Gasteiger partial charge is 0.487 e. The first kappa shape index (κ1) is 15.8. The number of ether oxygens (including phenoxy) is 1. The van der Waals surface area contributed by atoms with Gasteiger partial charge >= 0.3 is 5.69 Å². The first-order valence-corrected chi connectivity index (χ1v) is 7.80. The molecule has 8 heteroatoms. The van der Waals surface area contributed by atoms with Crippen LogP contribution < -0.4 is 4.74 Å². The summed E-state index contributed by atoms with van der Waals surface area (Å²) in [6.07, 6.45) is 3.77. The van der Waals surface area contributed by atoms with E-state index >= 15 is 0 Å². The normalized spacial score (nSPS) is 18.2. The molecule has 3 rings (SSSR count). The van der Waals surface area contributed by atoms with Crippen molar-refractivity contribution in [3.63, 3.8) is 0 Å². The second kappa shape index (κ2) is 6.97. The van der Waals surface area contributed by atoms with Gasteiger partial charge in [-0.15, -0.1) is 0 Å². The average Bonchev–Trinajstić information content (AvgIpc) is 3.17. The van der Waals surface area contributed by atoms with Crippen molar-refractivity contribution in [2.24, 2.45) is 0 Å². The maximum atomic E-state index is 10.6. The van der Waals surface area contributed by atoms with Crippen molar-refractivity contribution >= 4 is 17.3 Å². The summed E-state index contributed by atoms with van der Waals surface area (Å²) in [4.78, 5) is 12.5. The lowest BCUT2D eigenvalue weighted by Gasteiger charge is -2.17. The van der Waals surface area contributed by atoms with E-state index in [1.54, 1.807) is 4.68 Å². The summed E-state index contributed by atoms with van der Waals surface area (Å²) in [7, 11) is 0. The number of likely N-dealkylation sites (tertiary alicyclic amines) is 1. The molecule has 0 saturated carbocycles. The van der Waals surface area contributed by atoms with Gasteiger partial charge in [-0.05, 0) is 18.6 Å². The van der Waals surface area contributed by atoms with Gasteiger partial charge in [-0.2, -0.15) is 5.10 Å². The van der Waals surface area contributed by atoms with Crippen molar-refractivity contribution in [1.82, 2.24) is 14.7 Å². The molecule has 1 fully saturated rings. The lowest BCUT2D eigenvalue weighted by Crippen LogP contribution is -2.28. The van der Waals surface area contributed by atoms with E-state index in [1.807, 2.05) is 24.3 Å². The third-order valence-electron chi connectivity index (χ3n) is 3.84. The number of benzene rings is 1. The zero-order chi connectivity index (χ0) is 16.2. The van der Waals surface area contributed by atoms with Gasteiger partial charge < -0.3 is 4.74 Å². The molecule has 1 aliphatic rings. The van der Waals surface area contributed by atoms with Gasteiger partial charge in [-0.3, -0.25) is 19.7 Å². The van der Waals surface area contributed by atoms with Gasteiger partial charge in [0.15, 0.2) is 0 Å². The molecule has 1 saturated heterocycles. The Labute approximate surface area is 138 Å². The number of halogens is 1. The van der Waals surface area contributed by atoms with Gasteiger partial charge in [0, 0.05) is 19.6 Å². The second-order valence-electron chi connectivity index (χ2n) is 5.48. The molecule has 0 spiro atoms. The van der Waals surface area contributed by atoms with Crippen LogP contribution in [0.15, 0.2) is 36.7 Å². The Morgan fingerprint density at radius 3 is 2.96 bits per heavy atom. The fraction of sp³-hybridized carbons (Fsp3) is 0.400. The number of nitro groups is 1. The van der Waals surface area contributed by atoms with Crippen molar-refractivity contribution in [3.05, 3.63) is 51.8 Å². The van der Waals surface area contributed by atoms with Crippen LogP contribution in [0.4, 0.5) is 5.69 Å². The maximum Gasteiger partial charge on any atom is 0.306 e. The van der Waals surface area contributed by atoms with Gasteiger partial charge in [0.1, 0.15) is 24.2 Å². The van der Waals surface area contributed by atoms with Crippen LogP contribution in [0.1, 0.15) is 6.42 Å². The van der Waals surface area contributed by atoms with E-state index < -0.39 is 4.92 Å². The topological polar surface area (TPSA) is 73.4 Å². The van der Waals surface area contributed by atoms with Crippen LogP contribution in [-0.4, -0.2) is 45.3 Å². The first-order chi connectivity index (χ1) is 11.1. The summed E-state index contributed by atoms with van der Waals surface area (Å²) < 4.78 is 7.54. The maximum absolute atomic E-state index is 10.6. The molecule has 2 aromatic rings. The summed E-state index contributed by atoms with van der Waals surface area (Å²) in [6.45, 7) is 3.14. The lowest BCUT2D eigenvalue weighted by atomic mass is 10.3. The fourth-order valence-corrected chi connectivity index (χ4v) is 2.81. The first-order valence-electron chi connectivity index (χ1n) is 7.42.